The van der Waals surface area contributed by atoms with Crippen LogP contribution in [0.1, 0.15) is 13.8 Å². The van der Waals surface area contributed by atoms with Crippen molar-refractivity contribution in [2.45, 2.75) is 13.8 Å². The van der Waals surface area contributed by atoms with E-state index in [4.69, 9.17) is 4.74 Å². The molecule has 2 rings (SSSR count). The Kier molecular flexibility index (Phi) is 2.81. The van der Waals surface area contributed by atoms with Crippen LogP contribution in [0.25, 0.3) is 0 Å². The summed E-state index contributed by atoms with van der Waals surface area (Å²) in [6.07, 6.45) is 0. The fraction of sp³-hybridized carbons (Fsp3) is 0.417. The molecule has 1 aliphatic rings. The molecular weight excluding hydrogens is 209 g/mol. The molecule has 16 heavy (non-hydrogen) atoms. The number of fused-ring (bicyclic) bond motifs is 1. The summed E-state index contributed by atoms with van der Waals surface area (Å²) in [6, 6.07) is 4.24. The van der Waals surface area contributed by atoms with Gasteiger partial charge in [-0.1, -0.05) is 13.8 Å². The van der Waals surface area contributed by atoms with E-state index in [1.165, 1.54) is 12.1 Å². The molecule has 3 nitrogen and oxygen atoms in total. The summed E-state index contributed by atoms with van der Waals surface area (Å²) < 4.78 is 18.5. The van der Waals surface area contributed by atoms with Crippen LogP contribution in [0.4, 0.5) is 10.1 Å². The van der Waals surface area contributed by atoms with Gasteiger partial charge in [-0.2, -0.15) is 0 Å². The quantitative estimate of drug-likeness (QED) is 0.730. The summed E-state index contributed by atoms with van der Waals surface area (Å²) in [5.41, 5.74) is 0.532. The fourth-order valence-electron chi connectivity index (χ4n) is 1.73. The smallest absolute Gasteiger partial charge is 0.229 e. The first-order chi connectivity index (χ1) is 7.59. The van der Waals surface area contributed by atoms with E-state index in [0.717, 1.165) is 0 Å². The third-order valence-corrected chi connectivity index (χ3v) is 2.54. The Morgan fingerprint density at radius 1 is 1.50 bits per heavy atom. The number of carbonyl (C=O) groups is 1. The monoisotopic (exact) mass is 223 g/mol. The van der Waals surface area contributed by atoms with Crippen molar-refractivity contribution in [3.8, 4) is 5.75 Å². The average molecular weight is 223 g/mol. The zero-order chi connectivity index (χ0) is 11.7. The van der Waals surface area contributed by atoms with E-state index in [1.54, 1.807) is 11.0 Å². The molecule has 1 amide bonds. The molecule has 0 saturated heterocycles. The van der Waals surface area contributed by atoms with Gasteiger partial charge in [0.15, 0.2) is 0 Å². The van der Waals surface area contributed by atoms with Crippen molar-refractivity contribution in [2.75, 3.05) is 18.1 Å². The predicted molar refractivity (Wildman–Crippen MR) is 59.1 cm³/mol. The molecule has 4 heteroatoms. The summed E-state index contributed by atoms with van der Waals surface area (Å²) in [7, 11) is 0. The topological polar surface area (TPSA) is 29.5 Å². The minimum Gasteiger partial charge on any atom is -0.490 e. The van der Waals surface area contributed by atoms with E-state index in [0.29, 0.717) is 24.6 Å². The number of nitrogens with zero attached hydrogens (tertiary/aromatic N) is 1. The molecule has 1 aliphatic heterocycles. The average Bonchev–Trinajstić information content (AvgIpc) is 2.27. The number of rotatable bonds is 1. The molecule has 0 radical (unpaired) electrons. The highest BCUT2D eigenvalue weighted by molar-refractivity contribution is 5.96. The van der Waals surface area contributed by atoms with Crippen LogP contribution < -0.4 is 9.64 Å². The Morgan fingerprint density at radius 3 is 2.94 bits per heavy atom. The zero-order valence-corrected chi connectivity index (χ0v) is 9.37. The standard InChI is InChI=1S/C12H14FNO2/c1-8(2)12(15)14-5-6-16-11-4-3-9(13)7-10(11)14/h3-4,7-8H,5-6H2,1-2H3. The Hall–Kier alpha value is -1.58. The zero-order valence-electron chi connectivity index (χ0n) is 9.37. The van der Waals surface area contributed by atoms with Crippen LogP contribution in [0.2, 0.25) is 0 Å². The van der Waals surface area contributed by atoms with Crippen molar-refractivity contribution >= 4 is 11.6 Å². The van der Waals surface area contributed by atoms with Crippen LogP contribution in [0, 0.1) is 11.7 Å². The molecule has 0 bridgehead atoms. The number of halogens is 1. The Labute approximate surface area is 93.8 Å². The minimum absolute atomic E-state index is 0.00449. The van der Waals surface area contributed by atoms with Gasteiger partial charge in [0, 0.05) is 12.0 Å². The molecule has 0 spiro atoms. The third-order valence-electron chi connectivity index (χ3n) is 2.54. The van der Waals surface area contributed by atoms with Gasteiger partial charge in [-0.05, 0) is 12.1 Å². The number of ether oxygens (including phenoxy) is 1. The van der Waals surface area contributed by atoms with E-state index in [-0.39, 0.29) is 17.6 Å². The Balaban J connectivity index is 2.39. The van der Waals surface area contributed by atoms with Crippen LogP contribution in [0.15, 0.2) is 18.2 Å². The highest BCUT2D eigenvalue weighted by Gasteiger charge is 2.25. The van der Waals surface area contributed by atoms with Crippen LogP contribution in [-0.4, -0.2) is 19.1 Å². The first-order valence-electron chi connectivity index (χ1n) is 5.33. The molecule has 0 aliphatic carbocycles. The molecule has 0 unspecified atom stereocenters. The van der Waals surface area contributed by atoms with Gasteiger partial charge >= 0.3 is 0 Å². The summed E-state index contributed by atoms with van der Waals surface area (Å²) >= 11 is 0. The molecule has 0 atom stereocenters. The van der Waals surface area contributed by atoms with Crippen molar-refractivity contribution in [3.63, 3.8) is 0 Å². The van der Waals surface area contributed by atoms with E-state index >= 15 is 0 Å². The molecule has 1 heterocycles. The predicted octanol–water partition coefficient (Wildman–Crippen LogP) is 2.21. The van der Waals surface area contributed by atoms with Crippen molar-refractivity contribution in [3.05, 3.63) is 24.0 Å². The molecule has 0 N–H and O–H groups in total. The van der Waals surface area contributed by atoms with E-state index < -0.39 is 0 Å². The highest BCUT2D eigenvalue weighted by Crippen LogP contribution is 2.32. The maximum absolute atomic E-state index is 13.1. The van der Waals surface area contributed by atoms with Gasteiger partial charge in [-0.25, -0.2) is 4.39 Å². The van der Waals surface area contributed by atoms with Gasteiger partial charge in [-0.15, -0.1) is 0 Å². The maximum Gasteiger partial charge on any atom is 0.229 e. The lowest BCUT2D eigenvalue weighted by molar-refractivity contribution is -0.121. The van der Waals surface area contributed by atoms with Crippen LogP contribution in [0.3, 0.4) is 0 Å². The highest BCUT2D eigenvalue weighted by atomic mass is 19.1. The number of hydrogen-bond acceptors (Lipinski definition) is 2. The molecule has 0 saturated carbocycles. The van der Waals surface area contributed by atoms with E-state index in [9.17, 15) is 9.18 Å². The van der Waals surface area contributed by atoms with Gasteiger partial charge in [-0.3, -0.25) is 4.79 Å². The van der Waals surface area contributed by atoms with Crippen LogP contribution in [-0.2, 0) is 4.79 Å². The molecule has 1 aromatic carbocycles. The fourth-order valence-corrected chi connectivity index (χ4v) is 1.73. The van der Waals surface area contributed by atoms with Gasteiger partial charge in [0.25, 0.3) is 0 Å². The molecule has 1 aromatic rings. The van der Waals surface area contributed by atoms with Crippen LogP contribution >= 0.6 is 0 Å². The summed E-state index contributed by atoms with van der Waals surface area (Å²) in [6.45, 7) is 4.60. The van der Waals surface area contributed by atoms with Gasteiger partial charge in [0.1, 0.15) is 18.2 Å². The van der Waals surface area contributed by atoms with Crippen molar-refractivity contribution in [2.24, 2.45) is 5.92 Å². The number of carbonyl (C=O) groups excluding carboxylic acids is 1. The van der Waals surface area contributed by atoms with Gasteiger partial charge < -0.3 is 9.64 Å². The molecular formula is C12H14FNO2. The molecule has 0 aromatic heterocycles. The van der Waals surface area contributed by atoms with E-state index in [1.807, 2.05) is 13.8 Å². The second-order valence-corrected chi connectivity index (χ2v) is 4.11. The normalized spacial score (nSPS) is 14.6. The summed E-state index contributed by atoms with van der Waals surface area (Å²) in [5.74, 6) is 0.108. The lowest BCUT2D eigenvalue weighted by Crippen LogP contribution is -2.40. The molecule has 86 valence electrons. The Bertz CT molecular complexity index is 417. The van der Waals surface area contributed by atoms with Crippen molar-refractivity contribution in [1.29, 1.82) is 0 Å². The second kappa shape index (κ2) is 4.12. The Morgan fingerprint density at radius 2 is 2.25 bits per heavy atom. The summed E-state index contributed by atoms with van der Waals surface area (Å²) in [4.78, 5) is 13.5. The lowest BCUT2D eigenvalue weighted by atomic mass is 10.1. The molecule has 0 fully saturated rings. The number of benzene rings is 1. The summed E-state index contributed by atoms with van der Waals surface area (Å²) in [5, 5.41) is 0. The first kappa shape index (κ1) is 10.9. The third kappa shape index (κ3) is 1.87. The number of hydrogen-bond donors (Lipinski definition) is 0. The SMILES string of the molecule is CC(C)C(=O)N1CCOc2ccc(F)cc21. The maximum atomic E-state index is 13.1. The number of anilines is 1. The number of amides is 1. The van der Waals surface area contributed by atoms with Crippen molar-refractivity contribution in [1.82, 2.24) is 0 Å². The van der Waals surface area contributed by atoms with E-state index in [2.05, 4.69) is 0 Å². The van der Waals surface area contributed by atoms with Crippen molar-refractivity contribution < 1.29 is 13.9 Å². The van der Waals surface area contributed by atoms with Gasteiger partial charge in [0.2, 0.25) is 5.91 Å². The second-order valence-electron chi connectivity index (χ2n) is 4.11. The van der Waals surface area contributed by atoms with Crippen LogP contribution in [0.5, 0.6) is 5.75 Å². The van der Waals surface area contributed by atoms with Gasteiger partial charge in [0.05, 0.1) is 12.2 Å². The lowest BCUT2D eigenvalue weighted by Gasteiger charge is -2.30. The largest absolute Gasteiger partial charge is 0.490 e. The first-order valence-corrected chi connectivity index (χ1v) is 5.33. The minimum atomic E-state index is -0.356.